The molecule has 3 nitrogen and oxygen atoms in total. The Morgan fingerprint density at radius 3 is 2.95 bits per heavy atom. The van der Waals surface area contributed by atoms with Gasteiger partial charge < -0.3 is 15.3 Å². The summed E-state index contributed by atoms with van der Waals surface area (Å²) in [6, 6.07) is 6.16. The first kappa shape index (κ1) is 14.2. The van der Waals surface area contributed by atoms with E-state index < -0.39 is 0 Å². The average Bonchev–Trinajstić information content (AvgIpc) is 2.99. The molecule has 3 unspecified atom stereocenters. The van der Waals surface area contributed by atoms with Crippen LogP contribution >= 0.6 is 11.6 Å². The molecule has 3 rings (SSSR count). The molecule has 0 aromatic heterocycles. The Kier molecular flexibility index (Phi) is 4.20. The van der Waals surface area contributed by atoms with Crippen molar-refractivity contribution in [1.82, 2.24) is 5.32 Å². The molecule has 2 aliphatic rings. The molecule has 1 saturated carbocycles. The van der Waals surface area contributed by atoms with Crippen molar-refractivity contribution >= 4 is 17.3 Å². The summed E-state index contributed by atoms with van der Waals surface area (Å²) in [7, 11) is 0. The lowest BCUT2D eigenvalue weighted by Gasteiger charge is -2.24. The van der Waals surface area contributed by atoms with Crippen LogP contribution in [-0.4, -0.2) is 30.8 Å². The van der Waals surface area contributed by atoms with Crippen molar-refractivity contribution in [3.63, 3.8) is 0 Å². The minimum absolute atomic E-state index is 0.102. The van der Waals surface area contributed by atoms with Crippen LogP contribution in [-0.2, 0) is 6.54 Å². The number of hydrogen-bond acceptors (Lipinski definition) is 3. The Morgan fingerprint density at radius 1 is 1.35 bits per heavy atom. The second-order valence-corrected chi connectivity index (χ2v) is 6.46. The summed E-state index contributed by atoms with van der Waals surface area (Å²) < 4.78 is 0. The fourth-order valence-corrected chi connectivity index (χ4v) is 3.89. The second-order valence-electron chi connectivity index (χ2n) is 6.03. The minimum Gasteiger partial charge on any atom is -0.393 e. The van der Waals surface area contributed by atoms with Gasteiger partial charge in [0.05, 0.1) is 6.10 Å². The van der Waals surface area contributed by atoms with Gasteiger partial charge in [0, 0.05) is 36.3 Å². The lowest BCUT2D eigenvalue weighted by Crippen LogP contribution is -2.26. The number of anilines is 1. The average molecular weight is 295 g/mol. The monoisotopic (exact) mass is 294 g/mol. The molecule has 1 aromatic carbocycles. The maximum atomic E-state index is 10.1. The zero-order chi connectivity index (χ0) is 14.1. The van der Waals surface area contributed by atoms with Gasteiger partial charge in [-0.1, -0.05) is 18.5 Å². The predicted octanol–water partition coefficient (Wildman–Crippen LogP) is 2.66. The van der Waals surface area contributed by atoms with E-state index in [4.69, 9.17) is 11.6 Å². The van der Waals surface area contributed by atoms with Gasteiger partial charge in [0.2, 0.25) is 0 Å². The third-order valence-electron chi connectivity index (χ3n) is 4.77. The highest BCUT2D eigenvalue weighted by Crippen LogP contribution is 2.40. The van der Waals surface area contributed by atoms with Gasteiger partial charge in [0.1, 0.15) is 0 Å². The zero-order valence-corrected chi connectivity index (χ0v) is 12.7. The Labute approximate surface area is 125 Å². The molecule has 1 saturated heterocycles. The Balaban J connectivity index is 1.80. The molecule has 2 N–H and O–H groups in total. The number of halogens is 1. The highest BCUT2D eigenvalue weighted by atomic mass is 35.5. The Morgan fingerprint density at radius 2 is 2.20 bits per heavy atom. The smallest absolute Gasteiger partial charge is 0.0588 e. The molecule has 20 heavy (non-hydrogen) atoms. The van der Waals surface area contributed by atoms with E-state index in [1.165, 1.54) is 17.7 Å². The molecule has 1 aliphatic carbocycles. The minimum atomic E-state index is -0.102. The quantitative estimate of drug-likeness (QED) is 0.896. The maximum absolute atomic E-state index is 10.1. The van der Waals surface area contributed by atoms with Crippen molar-refractivity contribution in [1.29, 1.82) is 0 Å². The SMILES string of the molecule is CCNCc1cc(Cl)ccc1N1CC2CCC(O)C2C1. The Hall–Kier alpha value is -0.770. The fourth-order valence-electron chi connectivity index (χ4n) is 3.70. The van der Waals surface area contributed by atoms with Gasteiger partial charge in [0.25, 0.3) is 0 Å². The molecule has 1 aromatic rings. The highest BCUT2D eigenvalue weighted by Gasteiger charge is 2.42. The van der Waals surface area contributed by atoms with Gasteiger partial charge in [-0.3, -0.25) is 0 Å². The summed E-state index contributed by atoms with van der Waals surface area (Å²) in [6.07, 6.45) is 2.04. The van der Waals surface area contributed by atoms with E-state index in [1.54, 1.807) is 0 Å². The van der Waals surface area contributed by atoms with E-state index in [1.807, 2.05) is 6.07 Å². The van der Waals surface area contributed by atoms with Crippen LogP contribution in [0.3, 0.4) is 0 Å². The van der Waals surface area contributed by atoms with Gasteiger partial charge >= 0.3 is 0 Å². The first-order valence-corrected chi connectivity index (χ1v) is 7.99. The van der Waals surface area contributed by atoms with E-state index in [0.29, 0.717) is 11.8 Å². The van der Waals surface area contributed by atoms with Gasteiger partial charge in [-0.2, -0.15) is 0 Å². The van der Waals surface area contributed by atoms with Crippen LogP contribution in [0.4, 0.5) is 5.69 Å². The molecular weight excluding hydrogens is 272 g/mol. The van der Waals surface area contributed by atoms with Crippen LogP contribution in [0.15, 0.2) is 18.2 Å². The van der Waals surface area contributed by atoms with Crippen LogP contribution in [0, 0.1) is 11.8 Å². The lowest BCUT2D eigenvalue weighted by molar-refractivity contribution is 0.133. The first-order chi connectivity index (χ1) is 9.69. The largest absolute Gasteiger partial charge is 0.393 e. The number of nitrogens with one attached hydrogen (secondary N) is 1. The number of fused-ring (bicyclic) bond motifs is 1. The Bertz CT molecular complexity index is 480. The predicted molar refractivity (Wildman–Crippen MR) is 83.3 cm³/mol. The van der Waals surface area contributed by atoms with E-state index in [-0.39, 0.29) is 6.10 Å². The van der Waals surface area contributed by atoms with Gasteiger partial charge in [-0.25, -0.2) is 0 Å². The van der Waals surface area contributed by atoms with Crippen molar-refractivity contribution in [2.45, 2.75) is 32.4 Å². The summed E-state index contributed by atoms with van der Waals surface area (Å²) in [5.41, 5.74) is 2.53. The molecule has 0 bridgehead atoms. The van der Waals surface area contributed by atoms with E-state index in [0.717, 1.165) is 37.6 Å². The summed E-state index contributed by atoms with van der Waals surface area (Å²) in [5, 5.41) is 14.2. The van der Waals surface area contributed by atoms with Crippen molar-refractivity contribution in [2.75, 3.05) is 24.5 Å². The molecule has 1 heterocycles. The molecule has 0 radical (unpaired) electrons. The van der Waals surface area contributed by atoms with Gasteiger partial charge in [-0.15, -0.1) is 0 Å². The molecule has 4 heteroatoms. The van der Waals surface area contributed by atoms with Gasteiger partial charge in [-0.05, 0) is 49.1 Å². The van der Waals surface area contributed by atoms with Crippen molar-refractivity contribution in [2.24, 2.45) is 11.8 Å². The van der Waals surface area contributed by atoms with Crippen LogP contribution in [0.25, 0.3) is 0 Å². The van der Waals surface area contributed by atoms with Crippen LogP contribution in [0.5, 0.6) is 0 Å². The molecule has 1 aliphatic heterocycles. The van der Waals surface area contributed by atoms with E-state index >= 15 is 0 Å². The maximum Gasteiger partial charge on any atom is 0.0588 e. The number of benzene rings is 1. The number of aliphatic hydroxyl groups excluding tert-OH is 1. The highest BCUT2D eigenvalue weighted by molar-refractivity contribution is 6.30. The van der Waals surface area contributed by atoms with Crippen molar-refractivity contribution in [3.05, 3.63) is 28.8 Å². The normalized spacial score (nSPS) is 28.9. The standard InChI is InChI=1S/C16H23ClN2O/c1-2-18-8-12-7-13(17)4-5-15(12)19-9-11-3-6-16(20)14(11)10-19/h4-5,7,11,14,16,18,20H,2-3,6,8-10H2,1H3. The van der Waals surface area contributed by atoms with Crippen LogP contribution in [0.2, 0.25) is 5.02 Å². The topological polar surface area (TPSA) is 35.5 Å². The molecule has 0 amide bonds. The molecule has 2 fully saturated rings. The van der Waals surface area contributed by atoms with Crippen molar-refractivity contribution < 1.29 is 5.11 Å². The lowest BCUT2D eigenvalue weighted by atomic mass is 10.00. The number of nitrogens with zero attached hydrogens (tertiary/aromatic N) is 1. The van der Waals surface area contributed by atoms with Crippen molar-refractivity contribution in [3.8, 4) is 0 Å². The number of hydrogen-bond donors (Lipinski definition) is 2. The summed E-state index contributed by atoms with van der Waals surface area (Å²) in [6.45, 7) is 5.96. The van der Waals surface area contributed by atoms with Crippen LogP contribution in [0.1, 0.15) is 25.3 Å². The number of aliphatic hydroxyl groups is 1. The zero-order valence-electron chi connectivity index (χ0n) is 12.0. The van der Waals surface area contributed by atoms with Crippen LogP contribution < -0.4 is 10.2 Å². The third kappa shape index (κ3) is 2.67. The molecule has 110 valence electrons. The summed E-state index contributed by atoms with van der Waals surface area (Å²) in [5.74, 6) is 1.12. The van der Waals surface area contributed by atoms with E-state index in [9.17, 15) is 5.11 Å². The van der Waals surface area contributed by atoms with E-state index in [2.05, 4.69) is 29.3 Å². The molecule has 3 atom stereocenters. The third-order valence-corrected chi connectivity index (χ3v) is 5.00. The number of rotatable bonds is 4. The summed E-state index contributed by atoms with van der Waals surface area (Å²) >= 11 is 6.14. The molecular formula is C16H23ClN2O. The first-order valence-electron chi connectivity index (χ1n) is 7.61. The summed E-state index contributed by atoms with van der Waals surface area (Å²) in [4.78, 5) is 2.43. The second kappa shape index (κ2) is 5.92. The molecule has 0 spiro atoms. The van der Waals surface area contributed by atoms with Gasteiger partial charge in [0.15, 0.2) is 0 Å². The fraction of sp³-hybridized carbons (Fsp3) is 0.625.